The van der Waals surface area contributed by atoms with Gasteiger partial charge in [-0.3, -0.25) is 4.68 Å². The molecule has 0 aromatic carbocycles. The zero-order chi connectivity index (χ0) is 15.7. The molecule has 1 fully saturated rings. The van der Waals surface area contributed by atoms with E-state index in [1.54, 1.807) is 0 Å². The Morgan fingerprint density at radius 3 is 2.68 bits per heavy atom. The van der Waals surface area contributed by atoms with E-state index in [1.165, 1.54) is 24.8 Å². The Balaban J connectivity index is 2.02. The van der Waals surface area contributed by atoms with Crippen molar-refractivity contribution in [3.63, 3.8) is 0 Å². The minimum absolute atomic E-state index is 0.310. The summed E-state index contributed by atoms with van der Waals surface area (Å²) in [7, 11) is 1.98. The summed E-state index contributed by atoms with van der Waals surface area (Å²) < 4.78 is 1.90. The van der Waals surface area contributed by atoms with Crippen molar-refractivity contribution >= 4 is 11.8 Å². The monoisotopic (exact) mass is 300 g/mol. The summed E-state index contributed by atoms with van der Waals surface area (Å²) in [6.45, 7) is 5.04. The van der Waals surface area contributed by atoms with E-state index in [0.717, 1.165) is 30.2 Å². The highest BCUT2D eigenvalue weighted by Gasteiger charge is 2.27. The van der Waals surface area contributed by atoms with Gasteiger partial charge in [0.2, 0.25) is 5.95 Å². The van der Waals surface area contributed by atoms with Crippen LogP contribution in [0.4, 0.5) is 11.8 Å². The van der Waals surface area contributed by atoms with Gasteiger partial charge < -0.3 is 10.6 Å². The van der Waals surface area contributed by atoms with Gasteiger partial charge in [0.25, 0.3) is 0 Å². The molecule has 1 saturated heterocycles. The summed E-state index contributed by atoms with van der Waals surface area (Å²) in [6, 6.07) is 2.34. The number of aryl methyl sites for hydroxylation is 3. The molecule has 0 saturated carbocycles. The smallest absolute Gasteiger partial charge is 0.222 e. The number of rotatable bonds is 2. The molecule has 2 N–H and O–H groups in total. The van der Waals surface area contributed by atoms with Crippen LogP contribution in [-0.2, 0) is 7.05 Å². The normalized spacial score (nSPS) is 19.2. The van der Waals surface area contributed by atoms with Gasteiger partial charge in [-0.05, 0) is 26.7 Å². The van der Waals surface area contributed by atoms with Crippen LogP contribution in [0, 0.1) is 13.8 Å². The topological polar surface area (TPSA) is 72.9 Å². The molecule has 6 nitrogen and oxygen atoms in total. The van der Waals surface area contributed by atoms with E-state index in [0.29, 0.717) is 12.0 Å². The Morgan fingerprint density at radius 1 is 1.18 bits per heavy atom. The number of nitrogens with zero attached hydrogens (tertiary/aromatic N) is 5. The Kier molecular flexibility index (Phi) is 4.00. The number of hydrogen-bond donors (Lipinski definition) is 1. The molecule has 22 heavy (non-hydrogen) atoms. The molecule has 1 aliphatic heterocycles. The maximum absolute atomic E-state index is 5.86. The van der Waals surface area contributed by atoms with Crippen molar-refractivity contribution in [3.8, 4) is 0 Å². The summed E-state index contributed by atoms with van der Waals surface area (Å²) in [4.78, 5) is 11.0. The lowest BCUT2D eigenvalue weighted by Gasteiger charge is -2.31. The average Bonchev–Trinajstić information content (AvgIpc) is 2.65. The lowest BCUT2D eigenvalue weighted by atomic mass is 10.0. The first kappa shape index (κ1) is 14.8. The van der Waals surface area contributed by atoms with Gasteiger partial charge >= 0.3 is 0 Å². The average molecular weight is 300 g/mol. The predicted octanol–water partition coefficient (Wildman–Crippen LogP) is 2.53. The third-order valence-electron chi connectivity index (χ3n) is 4.32. The lowest BCUT2D eigenvalue weighted by molar-refractivity contribution is 0.593. The van der Waals surface area contributed by atoms with Gasteiger partial charge in [-0.25, -0.2) is 4.98 Å². The fourth-order valence-corrected chi connectivity index (χ4v) is 3.37. The fourth-order valence-electron chi connectivity index (χ4n) is 3.37. The van der Waals surface area contributed by atoms with Gasteiger partial charge in [0, 0.05) is 37.1 Å². The van der Waals surface area contributed by atoms with Crippen LogP contribution in [0.25, 0.3) is 0 Å². The van der Waals surface area contributed by atoms with Crippen molar-refractivity contribution in [3.05, 3.63) is 29.2 Å². The van der Waals surface area contributed by atoms with Crippen LogP contribution < -0.4 is 10.6 Å². The lowest BCUT2D eigenvalue weighted by Crippen LogP contribution is -2.29. The first-order chi connectivity index (χ1) is 10.5. The number of nitrogens with two attached hydrogens (primary N) is 1. The number of aromatic nitrogens is 4. The second kappa shape index (κ2) is 5.94. The molecule has 0 aliphatic carbocycles. The van der Waals surface area contributed by atoms with Gasteiger partial charge in [-0.1, -0.05) is 12.8 Å². The maximum atomic E-state index is 5.86. The van der Waals surface area contributed by atoms with Crippen LogP contribution in [0.5, 0.6) is 0 Å². The van der Waals surface area contributed by atoms with Crippen LogP contribution in [0.2, 0.25) is 0 Å². The molecule has 0 bridgehead atoms. The molecule has 0 radical (unpaired) electrons. The first-order valence-corrected chi connectivity index (χ1v) is 7.92. The van der Waals surface area contributed by atoms with Crippen LogP contribution in [0.15, 0.2) is 12.3 Å². The van der Waals surface area contributed by atoms with Crippen molar-refractivity contribution in [2.24, 2.45) is 7.05 Å². The largest absolute Gasteiger partial charge is 0.368 e. The van der Waals surface area contributed by atoms with Crippen molar-refractivity contribution < 1.29 is 0 Å². The van der Waals surface area contributed by atoms with E-state index in [2.05, 4.69) is 33.1 Å². The van der Waals surface area contributed by atoms with Crippen LogP contribution in [0.1, 0.15) is 48.7 Å². The molecule has 1 aliphatic rings. The summed E-state index contributed by atoms with van der Waals surface area (Å²) in [5.41, 5.74) is 9.15. The highest BCUT2D eigenvalue weighted by atomic mass is 15.3. The molecule has 1 atom stereocenters. The Bertz CT molecular complexity index is 642. The molecule has 0 amide bonds. The summed E-state index contributed by atoms with van der Waals surface area (Å²) >= 11 is 0. The molecular formula is C16H24N6. The van der Waals surface area contributed by atoms with Crippen molar-refractivity contribution in [1.29, 1.82) is 0 Å². The minimum atomic E-state index is 0.310. The molecule has 6 heteroatoms. The minimum Gasteiger partial charge on any atom is -0.368 e. The highest BCUT2D eigenvalue weighted by Crippen LogP contribution is 2.34. The van der Waals surface area contributed by atoms with Crippen LogP contribution in [0.3, 0.4) is 0 Å². The second-order valence-electron chi connectivity index (χ2n) is 6.13. The molecule has 3 rings (SSSR count). The van der Waals surface area contributed by atoms with Crippen molar-refractivity contribution in [2.75, 3.05) is 17.2 Å². The maximum Gasteiger partial charge on any atom is 0.222 e. The quantitative estimate of drug-likeness (QED) is 0.922. The molecule has 2 aromatic rings. The van der Waals surface area contributed by atoms with Gasteiger partial charge in [-0.2, -0.15) is 10.1 Å². The SMILES string of the molecule is Cc1cc(N2CCCCC[C@@H]2c2cn(C)nc2C)nc(N)n1. The third kappa shape index (κ3) is 2.91. The zero-order valence-electron chi connectivity index (χ0n) is 13.6. The van der Waals surface area contributed by atoms with Crippen molar-refractivity contribution in [2.45, 2.75) is 45.6 Å². The van der Waals surface area contributed by atoms with Crippen molar-refractivity contribution in [1.82, 2.24) is 19.7 Å². The van der Waals surface area contributed by atoms with Crippen LogP contribution in [-0.4, -0.2) is 26.3 Å². The van der Waals surface area contributed by atoms with Gasteiger partial charge in [0.1, 0.15) is 5.82 Å². The summed E-state index contributed by atoms with van der Waals surface area (Å²) in [5, 5.41) is 4.51. The standard InChI is InChI=1S/C16H24N6/c1-11-9-15(19-16(17)18-11)22-8-6-4-5-7-14(22)13-10-21(3)20-12(13)2/h9-10,14H,4-8H2,1-3H3,(H2,17,18,19)/t14-/m1/s1. The Hall–Kier alpha value is -2.11. The first-order valence-electron chi connectivity index (χ1n) is 7.92. The zero-order valence-corrected chi connectivity index (χ0v) is 13.6. The van der Waals surface area contributed by atoms with Gasteiger partial charge in [-0.15, -0.1) is 0 Å². The molecule has 3 heterocycles. The Morgan fingerprint density at radius 2 is 2.00 bits per heavy atom. The fraction of sp³-hybridized carbons (Fsp3) is 0.562. The van der Waals surface area contributed by atoms with E-state index in [1.807, 2.05) is 24.7 Å². The summed E-state index contributed by atoms with van der Waals surface area (Å²) in [5.74, 6) is 1.28. The van der Waals surface area contributed by atoms with Gasteiger partial charge in [0.05, 0.1) is 11.7 Å². The highest BCUT2D eigenvalue weighted by molar-refractivity contribution is 5.46. The van der Waals surface area contributed by atoms with E-state index < -0.39 is 0 Å². The molecule has 0 unspecified atom stereocenters. The second-order valence-corrected chi connectivity index (χ2v) is 6.13. The predicted molar refractivity (Wildman–Crippen MR) is 87.7 cm³/mol. The van der Waals surface area contributed by atoms with E-state index in [9.17, 15) is 0 Å². The van der Waals surface area contributed by atoms with Gasteiger partial charge in [0.15, 0.2) is 0 Å². The number of hydrogen-bond acceptors (Lipinski definition) is 5. The number of nitrogen functional groups attached to an aromatic ring is 1. The molecule has 118 valence electrons. The van der Waals surface area contributed by atoms with E-state index in [4.69, 9.17) is 5.73 Å². The third-order valence-corrected chi connectivity index (χ3v) is 4.32. The van der Waals surface area contributed by atoms with E-state index in [-0.39, 0.29) is 0 Å². The molecule has 0 spiro atoms. The van der Waals surface area contributed by atoms with E-state index >= 15 is 0 Å². The summed E-state index contributed by atoms with van der Waals surface area (Å²) in [6.07, 6.45) is 6.92. The number of anilines is 2. The van der Waals surface area contributed by atoms with Crippen LogP contribution >= 0.6 is 0 Å². The Labute approximate surface area is 131 Å². The molecular weight excluding hydrogens is 276 g/mol. The molecule has 2 aromatic heterocycles.